The van der Waals surface area contributed by atoms with Crippen molar-refractivity contribution in [3.8, 4) is 0 Å². The molecule has 1 aromatic carbocycles. The minimum Gasteiger partial charge on any atom is -0.445 e. The first-order chi connectivity index (χ1) is 8.19. The molecule has 0 aliphatic heterocycles. The van der Waals surface area contributed by atoms with Crippen molar-refractivity contribution >= 4 is 23.2 Å². The van der Waals surface area contributed by atoms with Crippen LogP contribution in [-0.2, 0) is 6.18 Å². The van der Waals surface area contributed by atoms with Crippen molar-refractivity contribution in [1.29, 1.82) is 0 Å². The number of alkyl halides is 3. The van der Waals surface area contributed by atoms with E-state index in [4.69, 9.17) is 0 Å². The zero-order chi connectivity index (χ0) is 13.6. The van der Waals surface area contributed by atoms with Crippen LogP contribution in [0.2, 0.25) is 0 Å². The van der Waals surface area contributed by atoms with Crippen LogP contribution in [0.25, 0.3) is 10.8 Å². The number of rotatable bonds is 1. The largest absolute Gasteiger partial charge is 1.00 e. The molecule has 2 aromatic rings. The van der Waals surface area contributed by atoms with Crippen LogP contribution in [0.5, 0.6) is 0 Å². The third kappa shape index (κ3) is 3.72. The monoisotopic (exact) mass is 303 g/mol. The van der Waals surface area contributed by atoms with Crippen LogP contribution in [0.15, 0.2) is 30.6 Å². The Morgan fingerprint density at radius 3 is 2.16 bits per heavy atom. The first kappa shape index (κ1) is 17.0. The standard InChI is InChI=1S/C10H5BF6N.K/c12-10(13,14)7-1-2-8-6(3-7)4-18-5-9(8)11(15,16)17;/h1-5H;/q-1;+1. The van der Waals surface area contributed by atoms with Crippen LogP contribution >= 0.6 is 0 Å². The van der Waals surface area contributed by atoms with Crippen molar-refractivity contribution in [3.05, 3.63) is 36.2 Å². The second-order valence-corrected chi connectivity index (χ2v) is 3.74. The van der Waals surface area contributed by atoms with Crippen LogP contribution in [0.3, 0.4) is 0 Å². The molecule has 0 spiro atoms. The minimum absolute atomic E-state index is 0. The fourth-order valence-corrected chi connectivity index (χ4v) is 1.64. The van der Waals surface area contributed by atoms with Crippen molar-refractivity contribution in [3.63, 3.8) is 0 Å². The molecule has 19 heavy (non-hydrogen) atoms. The summed E-state index contributed by atoms with van der Waals surface area (Å²) in [7, 11) is 0. The maximum atomic E-state index is 12.7. The molecule has 1 heterocycles. The average Bonchev–Trinajstić information content (AvgIpc) is 2.25. The summed E-state index contributed by atoms with van der Waals surface area (Å²) in [6.07, 6.45) is -2.99. The maximum absolute atomic E-state index is 12.7. The molecular weight excluding hydrogens is 298 g/mol. The molecule has 1 aromatic heterocycles. The SMILES string of the molecule is F[B-](F)(F)c1cncc2cc(C(F)(F)F)ccc12.[K+]. The second-order valence-electron chi connectivity index (χ2n) is 3.74. The van der Waals surface area contributed by atoms with Crippen LogP contribution in [-0.4, -0.2) is 12.0 Å². The van der Waals surface area contributed by atoms with E-state index in [9.17, 15) is 26.1 Å². The predicted molar refractivity (Wildman–Crippen MR) is 55.5 cm³/mol. The first-order valence-electron chi connectivity index (χ1n) is 4.84. The van der Waals surface area contributed by atoms with Crippen molar-refractivity contribution in [1.82, 2.24) is 4.98 Å². The van der Waals surface area contributed by atoms with Gasteiger partial charge < -0.3 is 12.9 Å². The van der Waals surface area contributed by atoms with E-state index in [0.29, 0.717) is 18.3 Å². The number of halogens is 6. The van der Waals surface area contributed by atoms with Crippen LogP contribution in [0, 0.1) is 0 Å². The minimum atomic E-state index is -5.30. The van der Waals surface area contributed by atoms with E-state index in [0.717, 1.165) is 12.3 Å². The molecule has 0 saturated heterocycles. The average molecular weight is 303 g/mol. The van der Waals surface area contributed by atoms with Gasteiger partial charge in [0.25, 0.3) is 0 Å². The number of fused-ring (bicyclic) bond motifs is 1. The van der Waals surface area contributed by atoms with Gasteiger partial charge in [0, 0.05) is 12.4 Å². The number of pyridine rings is 1. The van der Waals surface area contributed by atoms with E-state index >= 15 is 0 Å². The Labute approximate surface area is 146 Å². The third-order valence-electron chi connectivity index (χ3n) is 2.47. The van der Waals surface area contributed by atoms with Gasteiger partial charge in [-0.1, -0.05) is 11.5 Å². The van der Waals surface area contributed by atoms with Gasteiger partial charge in [0.1, 0.15) is 0 Å². The number of hydrogen-bond acceptors (Lipinski definition) is 1. The quantitative estimate of drug-likeness (QED) is 0.546. The van der Waals surface area contributed by atoms with Crippen LogP contribution < -0.4 is 56.8 Å². The molecule has 0 radical (unpaired) electrons. The molecule has 9 heteroatoms. The molecule has 0 bridgehead atoms. The summed E-state index contributed by atoms with van der Waals surface area (Å²) in [6.45, 7) is -5.30. The van der Waals surface area contributed by atoms with Crippen molar-refractivity contribution in [2.24, 2.45) is 0 Å². The molecular formula is C10H5BF6KN. The van der Waals surface area contributed by atoms with Crippen molar-refractivity contribution in [2.75, 3.05) is 0 Å². The third-order valence-corrected chi connectivity index (χ3v) is 2.47. The van der Waals surface area contributed by atoms with Gasteiger partial charge in [-0.05, 0) is 22.9 Å². The van der Waals surface area contributed by atoms with E-state index in [1.54, 1.807) is 0 Å². The molecule has 0 aliphatic rings. The zero-order valence-electron chi connectivity index (χ0n) is 9.68. The summed E-state index contributed by atoms with van der Waals surface area (Å²) in [5.74, 6) is 0. The molecule has 0 amide bonds. The fourth-order valence-electron chi connectivity index (χ4n) is 1.64. The Bertz CT molecular complexity index is 595. The van der Waals surface area contributed by atoms with Crippen molar-refractivity contribution in [2.45, 2.75) is 6.18 Å². The summed E-state index contributed by atoms with van der Waals surface area (Å²) in [5.41, 5.74) is -1.98. The number of hydrogen-bond donors (Lipinski definition) is 0. The summed E-state index contributed by atoms with van der Waals surface area (Å²) >= 11 is 0. The van der Waals surface area contributed by atoms with Gasteiger partial charge in [0.15, 0.2) is 0 Å². The Balaban J connectivity index is 0.00000180. The fraction of sp³-hybridized carbons (Fsp3) is 0.100. The first-order valence-corrected chi connectivity index (χ1v) is 4.84. The normalized spacial score (nSPS) is 12.3. The van der Waals surface area contributed by atoms with E-state index in [2.05, 4.69) is 4.98 Å². The van der Waals surface area contributed by atoms with Gasteiger partial charge in [-0.25, -0.2) is 0 Å². The summed E-state index contributed by atoms with van der Waals surface area (Å²) in [6, 6.07) is 2.12. The van der Waals surface area contributed by atoms with Crippen molar-refractivity contribution < 1.29 is 77.5 Å². The van der Waals surface area contributed by atoms with Gasteiger partial charge in [0.2, 0.25) is 0 Å². The topological polar surface area (TPSA) is 12.9 Å². The predicted octanol–water partition coefficient (Wildman–Crippen LogP) is 0.312. The van der Waals surface area contributed by atoms with Gasteiger partial charge in [-0.2, -0.15) is 13.2 Å². The van der Waals surface area contributed by atoms with E-state index < -0.39 is 24.2 Å². The molecule has 96 valence electrons. The summed E-state index contributed by atoms with van der Waals surface area (Å²) in [5, 5.41) is -0.452. The molecule has 1 nitrogen and oxygen atoms in total. The number of nitrogens with zero attached hydrogens (tertiary/aromatic N) is 1. The Morgan fingerprint density at radius 1 is 1.00 bits per heavy atom. The second kappa shape index (κ2) is 5.73. The van der Waals surface area contributed by atoms with E-state index in [-0.39, 0.29) is 62.2 Å². The van der Waals surface area contributed by atoms with Crippen LogP contribution in [0.1, 0.15) is 5.56 Å². The molecule has 2 rings (SSSR count). The molecule has 0 atom stereocenters. The van der Waals surface area contributed by atoms with E-state index in [1.807, 2.05) is 0 Å². The molecule has 0 aliphatic carbocycles. The Hall–Kier alpha value is -0.0887. The van der Waals surface area contributed by atoms with Gasteiger partial charge in [-0.15, -0.1) is 0 Å². The molecule has 0 N–H and O–H groups in total. The molecule has 0 unspecified atom stereocenters. The molecule has 0 saturated carbocycles. The number of aromatic nitrogens is 1. The van der Waals surface area contributed by atoms with Gasteiger partial charge in [-0.3, -0.25) is 4.98 Å². The number of benzene rings is 1. The van der Waals surface area contributed by atoms with Gasteiger partial charge in [0.05, 0.1) is 5.56 Å². The van der Waals surface area contributed by atoms with Gasteiger partial charge >= 0.3 is 64.5 Å². The van der Waals surface area contributed by atoms with Crippen LogP contribution in [0.4, 0.5) is 26.1 Å². The summed E-state index contributed by atoms with van der Waals surface area (Å²) < 4.78 is 75.2. The smallest absolute Gasteiger partial charge is 0.445 e. The van der Waals surface area contributed by atoms with E-state index in [1.165, 1.54) is 0 Å². The Morgan fingerprint density at radius 2 is 1.63 bits per heavy atom. The molecule has 0 fully saturated rings. The Kier molecular flexibility index (Phi) is 5.11. The zero-order valence-corrected chi connectivity index (χ0v) is 12.8. The summed E-state index contributed by atoms with van der Waals surface area (Å²) in [4.78, 5) is 3.33. The maximum Gasteiger partial charge on any atom is 1.00 e.